The van der Waals surface area contributed by atoms with Crippen LogP contribution in [-0.2, 0) is 16.0 Å². The summed E-state index contributed by atoms with van der Waals surface area (Å²) in [4.78, 5) is 18.1. The number of halogens is 1. The predicted molar refractivity (Wildman–Crippen MR) is 98.4 cm³/mol. The lowest BCUT2D eigenvalue weighted by atomic mass is 9.81. The van der Waals surface area contributed by atoms with Crippen LogP contribution in [0.3, 0.4) is 0 Å². The molecule has 0 bridgehead atoms. The molecule has 0 atom stereocenters. The third-order valence-electron chi connectivity index (χ3n) is 5.95. The molecule has 1 amide bonds. The van der Waals surface area contributed by atoms with E-state index in [0.717, 1.165) is 47.8 Å². The molecular formula is C20H26FN3O2. The normalized spacial score (nSPS) is 26.6. The van der Waals surface area contributed by atoms with E-state index in [1.54, 1.807) is 6.07 Å². The number of hydrogen-bond acceptors (Lipinski definition) is 3. The Hall–Kier alpha value is -1.92. The van der Waals surface area contributed by atoms with Crippen molar-refractivity contribution in [3.63, 3.8) is 0 Å². The van der Waals surface area contributed by atoms with Gasteiger partial charge < -0.3 is 20.4 Å². The van der Waals surface area contributed by atoms with E-state index in [0.29, 0.717) is 19.7 Å². The van der Waals surface area contributed by atoms with Crippen molar-refractivity contribution in [2.75, 3.05) is 19.7 Å². The highest BCUT2D eigenvalue weighted by Gasteiger charge is 2.40. The molecule has 6 heteroatoms. The molecule has 26 heavy (non-hydrogen) atoms. The molecule has 2 aromatic rings. The summed E-state index contributed by atoms with van der Waals surface area (Å²) in [6.45, 7) is 3.75. The first-order chi connectivity index (χ1) is 12.5. The highest BCUT2D eigenvalue weighted by Crippen LogP contribution is 2.34. The smallest absolute Gasteiger partial charge is 0.227 e. The minimum Gasteiger partial charge on any atom is -0.371 e. The van der Waals surface area contributed by atoms with Gasteiger partial charge in [-0.05, 0) is 56.4 Å². The van der Waals surface area contributed by atoms with Crippen LogP contribution in [0.1, 0.15) is 36.9 Å². The largest absolute Gasteiger partial charge is 0.371 e. The summed E-state index contributed by atoms with van der Waals surface area (Å²) in [7, 11) is 0. The van der Waals surface area contributed by atoms with Crippen molar-refractivity contribution in [3.05, 3.63) is 35.3 Å². The van der Waals surface area contributed by atoms with E-state index < -0.39 is 0 Å². The number of nitrogens with one attached hydrogen (secondary N) is 1. The minimum atomic E-state index is -0.283. The Kier molecular flexibility index (Phi) is 4.49. The monoisotopic (exact) mass is 359 g/mol. The van der Waals surface area contributed by atoms with Crippen LogP contribution in [0.2, 0.25) is 0 Å². The number of ether oxygens (including phenoxy) is 1. The number of H-pyrrole nitrogens is 1. The van der Waals surface area contributed by atoms with Gasteiger partial charge in [0.2, 0.25) is 5.91 Å². The van der Waals surface area contributed by atoms with Gasteiger partial charge in [0.25, 0.3) is 0 Å². The molecule has 3 N–H and O–H groups in total. The van der Waals surface area contributed by atoms with Crippen LogP contribution in [0, 0.1) is 12.7 Å². The number of amides is 1. The first-order valence-electron chi connectivity index (χ1n) is 9.40. The predicted octanol–water partition coefficient (Wildman–Crippen LogP) is 2.66. The van der Waals surface area contributed by atoms with Crippen LogP contribution >= 0.6 is 0 Å². The van der Waals surface area contributed by atoms with Crippen molar-refractivity contribution in [2.24, 2.45) is 5.73 Å². The van der Waals surface area contributed by atoms with Gasteiger partial charge >= 0.3 is 0 Å². The van der Waals surface area contributed by atoms with Crippen molar-refractivity contribution in [1.29, 1.82) is 0 Å². The maximum Gasteiger partial charge on any atom is 0.227 e. The van der Waals surface area contributed by atoms with Gasteiger partial charge in [-0.25, -0.2) is 4.39 Å². The number of morpholine rings is 1. The van der Waals surface area contributed by atoms with Crippen LogP contribution in [-0.4, -0.2) is 47.1 Å². The van der Waals surface area contributed by atoms with Crippen molar-refractivity contribution in [1.82, 2.24) is 9.88 Å². The van der Waals surface area contributed by atoms with E-state index in [1.165, 1.54) is 12.1 Å². The Balaban J connectivity index is 1.51. The van der Waals surface area contributed by atoms with Crippen molar-refractivity contribution >= 4 is 16.8 Å². The van der Waals surface area contributed by atoms with Crippen LogP contribution in [0.4, 0.5) is 4.39 Å². The van der Waals surface area contributed by atoms with Gasteiger partial charge in [0.1, 0.15) is 5.82 Å². The number of carbonyl (C=O) groups is 1. The van der Waals surface area contributed by atoms with E-state index in [4.69, 9.17) is 10.5 Å². The van der Waals surface area contributed by atoms with E-state index in [1.807, 2.05) is 11.8 Å². The molecule has 0 radical (unpaired) electrons. The Morgan fingerprint density at radius 2 is 2.19 bits per heavy atom. The van der Waals surface area contributed by atoms with Gasteiger partial charge in [-0.2, -0.15) is 0 Å². The number of hydrogen-bond donors (Lipinski definition) is 2. The molecular weight excluding hydrogens is 333 g/mol. The third-order valence-corrected chi connectivity index (χ3v) is 5.95. The van der Waals surface area contributed by atoms with Gasteiger partial charge in [-0.15, -0.1) is 0 Å². The summed E-state index contributed by atoms with van der Waals surface area (Å²) in [5.74, 6) is -0.204. The second-order valence-corrected chi connectivity index (χ2v) is 7.78. The van der Waals surface area contributed by atoms with E-state index >= 15 is 0 Å². The summed E-state index contributed by atoms with van der Waals surface area (Å²) in [5.41, 5.74) is 8.46. The quantitative estimate of drug-likeness (QED) is 0.866. The number of carbonyl (C=O) groups excluding carboxylic acids is 1. The summed E-state index contributed by atoms with van der Waals surface area (Å²) in [5, 5.41) is 0.794. The molecule has 1 spiro atoms. The first kappa shape index (κ1) is 17.5. The highest BCUT2D eigenvalue weighted by molar-refractivity contribution is 5.90. The summed E-state index contributed by atoms with van der Waals surface area (Å²) >= 11 is 0. The van der Waals surface area contributed by atoms with Crippen molar-refractivity contribution in [2.45, 2.75) is 50.7 Å². The van der Waals surface area contributed by atoms with Crippen LogP contribution in [0.5, 0.6) is 0 Å². The molecule has 1 aromatic carbocycles. The van der Waals surface area contributed by atoms with Gasteiger partial charge in [0.05, 0.1) is 18.6 Å². The molecule has 1 aliphatic carbocycles. The van der Waals surface area contributed by atoms with Gasteiger partial charge in [-0.3, -0.25) is 4.79 Å². The fourth-order valence-electron chi connectivity index (χ4n) is 4.37. The average molecular weight is 359 g/mol. The summed E-state index contributed by atoms with van der Waals surface area (Å²) in [6.07, 6.45) is 4.00. The topological polar surface area (TPSA) is 71.3 Å². The van der Waals surface area contributed by atoms with Gasteiger partial charge in [0.15, 0.2) is 0 Å². The van der Waals surface area contributed by atoms with E-state index in [2.05, 4.69) is 4.98 Å². The van der Waals surface area contributed by atoms with Crippen LogP contribution in [0.25, 0.3) is 10.9 Å². The molecule has 1 saturated heterocycles. The number of benzene rings is 1. The molecule has 2 heterocycles. The van der Waals surface area contributed by atoms with Gasteiger partial charge in [-0.1, -0.05) is 0 Å². The van der Waals surface area contributed by atoms with Gasteiger partial charge in [0, 0.05) is 35.7 Å². The lowest BCUT2D eigenvalue weighted by Crippen LogP contribution is -2.56. The Morgan fingerprint density at radius 3 is 2.96 bits per heavy atom. The molecule has 1 saturated carbocycles. The lowest BCUT2D eigenvalue weighted by Gasteiger charge is -2.46. The fourth-order valence-corrected chi connectivity index (χ4v) is 4.37. The molecule has 2 fully saturated rings. The van der Waals surface area contributed by atoms with Crippen LogP contribution in [0.15, 0.2) is 18.2 Å². The Morgan fingerprint density at radius 1 is 1.42 bits per heavy atom. The molecule has 5 nitrogen and oxygen atoms in total. The lowest BCUT2D eigenvalue weighted by molar-refractivity contribution is -0.156. The fraction of sp³-hybridized carbons (Fsp3) is 0.550. The number of nitrogens with zero attached hydrogens (tertiary/aromatic N) is 1. The van der Waals surface area contributed by atoms with Crippen LogP contribution < -0.4 is 5.73 Å². The second-order valence-electron chi connectivity index (χ2n) is 7.78. The highest BCUT2D eigenvalue weighted by atomic mass is 19.1. The molecule has 2 aliphatic rings. The second kappa shape index (κ2) is 6.67. The zero-order valence-electron chi connectivity index (χ0n) is 15.2. The minimum absolute atomic E-state index is 0.0795. The summed E-state index contributed by atoms with van der Waals surface area (Å²) in [6, 6.07) is 4.91. The number of nitrogens with two attached hydrogens (primary N) is 1. The maximum atomic E-state index is 13.7. The molecule has 140 valence electrons. The molecule has 0 unspecified atom stereocenters. The number of aromatic amines is 1. The first-order valence-corrected chi connectivity index (χ1v) is 9.40. The summed E-state index contributed by atoms with van der Waals surface area (Å²) < 4.78 is 19.7. The zero-order valence-corrected chi connectivity index (χ0v) is 15.2. The Bertz CT molecular complexity index is 824. The number of aryl methyl sites for hydroxylation is 1. The number of fused-ring (bicyclic) bond motifs is 1. The average Bonchev–Trinajstić information content (AvgIpc) is 2.93. The van der Waals surface area contributed by atoms with Crippen molar-refractivity contribution < 1.29 is 13.9 Å². The third kappa shape index (κ3) is 3.23. The Labute approximate surface area is 152 Å². The molecule has 1 aromatic heterocycles. The zero-order chi connectivity index (χ0) is 18.3. The molecule has 4 rings (SSSR count). The number of aromatic nitrogens is 1. The molecule has 1 aliphatic heterocycles. The standard InChI is InChI=1S/C20H26FN3O2/c1-13-16(17-10-14(21)2-3-18(17)23-13)11-19(25)24-8-9-26-20(12-24)6-4-15(22)5-7-20/h2-3,10,15,23H,4-9,11-12,22H2,1H3. The SMILES string of the molecule is Cc1[nH]c2ccc(F)cc2c1CC(=O)N1CCOC2(CCC(N)CC2)C1. The maximum absolute atomic E-state index is 13.7. The van der Waals surface area contributed by atoms with E-state index in [-0.39, 0.29) is 29.8 Å². The number of rotatable bonds is 2. The van der Waals surface area contributed by atoms with Crippen molar-refractivity contribution in [3.8, 4) is 0 Å². The van der Waals surface area contributed by atoms with E-state index in [9.17, 15) is 9.18 Å².